The molecule has 2 aromatic rings. The van der Waals surface area contributed by atoms with E-state index < -0.39 is 0 Å². The molecule has 94 valence electrons. The van der Waals surface area contributed by atoms with Crippen molar-refractivity contribution in [1.82, 2.24) is 20.3 Å². The van der Waals surface area contributed by atoms with Crippen molar-refractivity contribution in [3.05, 3.63) is 18.5 Å². The fourth-order valence-electron chi connectivity index (χ4n) is 2.25. The molecule has 0 aromatic carbocycles. The second-order valence-electron chi connectivity index (χ2n) is 4.60. The quantitative estimate of drug-likeness (QED) is 0.756. The van der Waals surface area contributed by atoms with Crippen molar-refractivity contribution in [2.24, 2.45) is 0 Å². The van der Waals surface area contributed by atoms with Gasteiger partial charge in [0.05, 0.1) is 11.7 Å². The Morgan fingerprint density at radius 2 is 2.33 bits per heavy atom. The summed E-state index contributed by atoms with van der Waals surface area (Å²) < 4.78 is 0. The second-order valence-corrected chi connectivity index (χ2v) is 4.60. The van der Waals surface area contributed by atoms with Gasteiger partial charge in [0.1, 0.15) is 5.82 Å². The summed E-state index contributed by atoms with van der Waals surface area (Å²) >= 11 is 0. The number of aromatic nitrogens is 3. The Kier molecular flexibility index (Phi) is 2.71. The van der Waals surface area contributed by atoms with Gasteiger partial charge in [-0.1, -0.05) is 0 Å². The van der Waals surface area contributed by atoms with Crippen LogP contribution >= 0.6 is 0 Å². The van der Waals surface area contributed by atoms with E-state index in [1.807, 2.05) is 6.07 Å². The van der Waals surface area contributed by atoms with Crippen LogP contribution in [0.15, 0.2) is 18.5 Å². The molecule has 0 saturated carbocycles. The van der Waals surface area contributed by atoms with Gasteiger partial charge in [-0.25, -0.2) is 4.98 Å². The summed E-state index contributed by atoms with van der Waals surface area (Å²) in [4.78, 5) is 15.2. The molecule has 3 N–H and O–H groups in total. The molecular formula is C12H16N6. The summed E-state index contributed by atoms with van der Waals surface area (Å²) in [5.74, 6) is 1.21. The highest BCUT2D eigenvalue weighted by Crippen LogP contribution is 2.20. The summed E-state index contributed by atoms with van der Waals surface area (Å²) in [6, 6.07) is 2.28. The van der Waals surface area contributed by atoms with Gasteiger partial charge in [-0.3, -0.25) is 4.98 Å². The number of rotatable bonds is 1. The van der Waals surface area contributed by atoms with E-state index in [4.69, 9.17) is 5.73 Å². The number of nitrogen functional groups attached to an aromatic ring is 1. The molecular weight excluding hydrogens is 228 g/mol. The van der Waals surface area contributed by atoms with Gasteiger partial charge in [0.15, 0.2) is 0 Å². The Bertz CT molecular complexity index is 569. The van der Waals surface area contributed by atoms with Crippen molar-refractivity contribution < 1.29 is 0 Å². The molecule has 1 atom stereocenters. The maximum absolute atomic E-state index is 5.98. The van der Waals surface area contributed by atoms with E-state index >= 15 is 0 Å². The Hall–Kier alpha value is -1.95. The predicted molar refractivity (Wildman–Crippen MR) is 71.4 cm³/mol. The summed E-state index contributed by atoms with van der Waals surface area (Å²) in [6.07, 6.45) is 3.43. The molecule has 1 aliphatic rings. The lowest BCUT2D eigenvalue weighted by molar-refractivity contribution is 0.480. The van der Waals surface area contributed by atoms with E-state index in [9.17, 15) is 0 Å². The van der Waals surface area contributed by atoms with Crippen molar-refractivity contribution in [2.45, 2.75) is 13.0 Å². The number of hydrogen-bond acceptors (Lipinski definition) is 6. The van der Waals surface area contributed by atoms with Crippen LogP contribution in [0, 0.1) is 0 Å². The van der Waals surface area contributed by atoms with Crippen molar-refractivity contribution in [2.75, 3.05) is 30.3 Å². The largest absolute Gasteiger partial charge is 0.383 e. The molecule has 0 amide bonds. The minimum Gasteiger partial charge on any atom is -0.383 e. The molecule has 3 heterocycles. The number of piperazine rings is 1. The molecule has 2 aromatic heterocycles. The third kappa shape index (κ3) is 1.95. The Morgan fingerprint density at radius 1 is 1.44 bits per heavy atom. The fourth-order valence-corrected chi connectivity index (χ4v) is 2.25. The van der Waals surface area contributed by atoms with Gasteiger partial charge in [0, 0.05) is 37.3 Å². The summed E-state index contributed by atoms with van der Waals surface area (Å²) in [5.41, 5.74) is 6.77. The molecule has 3 rings (SSSR count). The number of anilines is 2. The van der Waals surface area contributed by atoms with Gasteiger partial charge < -0.3 is 16.0 Å². The van der Waals surface area contributed by atoms with Crippen LogP contribution in [0.5, 0.6) is 0 Å². The maximum atomic E-state index is 5.98. The number of pyridine rings is 1. The zero-order valence-corrected chi connectivity index (χ0v) is 10.3. The molecule has 6 nitrogen and oxygen atoms in total. The third-order valence-electron chi connectivity index (χ3n) is 3.17. The number of nitrogens with two attached hydrogens (primary N) is 1. The average molecular weight is 244 g/mol. The van der Waals surface area contributed by atoms with Crippen molar-refractivity contribution in [3.8, 4) is 0 Å². The van der Waals surface area contributed by atoms with Gasteiger partial charge in [-0.05, 0) is 13.0 Å². The van der Waals surface area contributed by atoms with Crippen molar-refractivity contribution in [1.29, 1.82) is 0 Å². The predicted octanol–water partition coefficient (Wildman–Crippen LogP) is 0.405. The molecule has 0 unspecified atom stereocenters. The molecule has 0 radical (unpaired) electrons. The van der Waals surface area contributed by atoms with Gasteiger partial charge in [0.25, 0.3) is 0 Å². The SMILES string of the molecule is C[C@@H]1CN(c2nc(N)c3ccncc3n2)CCN1. The first-order chi connectivity index (χ1) is 8.74. The summed E-state index contributed by atoms with van der Waals surface area (Å²) in [5, 5.41) is 4.25. The highest BCUT2D eigenvalue weighted by molar-refractivity contribution is 5.88. The summed E-state index contributed by atoms with van der Waals surface area (Å²) in [6.45, 7) is 4.88. The normalized spacial score (nSPS) is 20.3. The topological polar surface area (TPSA) is 80.0 Å². The molecule has 0 bridgehead atoms. The highest BCUT2D eigenvalue weighted by atomic mass is 15.3. The zero-order chi connectivity index (χ0) is 12.5. The molecule has 18 heavy (non-hydrogen) atoms. The standard InChI is InChI=1S/C12H16N6/c1-8-7-18(5-4-15-8)12-16-10-6-14-3-2-9(10)11(13)17-12/h2-3,6,8,15H,4-5,7H2,1H3,(H2,13,16,17)/t8-/m1/s1. The second kappa shape index (κ2) is 4.38. The average Bonchev–Trinajstić information content (AvgIpc) is 2.39. The number of nitrogens with one attached hydrogen (secondary N) is 1. The van der Waals surface area contributed by atoms with Crippen LogP contribution in [0.1, 0.15) is 6.92 Å². The highest BCUT2D eigenvalue weighted by Gasteiger charge is 2.19. The molecule has 1 fully saturated rings. The molecule has 1 aliphatic heterocycles. The van der Waals surface area contributed by atoms with Gasteiger partial charge in [0.2, 0.25) is 5.95 Å². The molecule has 0 spiro atoms. The van der Waals surface area contributed by atoms with Gasteiger partial charge >= 0.3 is 0 Å². The van der Waals surface area contributed by atoms with Crippen molar-refractivity contribution >= 4 is 22.7 Å². The first-order valence-electron chi connectivity index (χ1n) is 6.09. The van der Waals surface area contributed by atoms with E-state index in [2.05, 4.69) is 32.1 Å². The Balaban J connectivity index is 2.02. The fraction of sp³-hybridized carbons (Fsp3) is 0.417. The summed E-state index contributed by atoms with van der Waals surface area (Å²) in [7, 11) is 0. The van der Waals surface area contributed by atoms with Crippen LogP contribution < -0.4 is 16.0 Å². The first-order valence-corrected chi connectivity index (χ1v) is 6.09. The van der Waals surface area contributed by atoms with Gasteiger partial charge in [-0.15, -0.1) is 0 Å². The van der Waals surface area contributed by atoms with E-state index in [-0.39, 0.29) is 0 Å². The molecule has 6 heteroatoms. The van der Waals surface area contributed by atoms with E-state index in [1.165, 1.54) is 0 Å². The molecule has 1 saturated heterocycles. The van der Waals surface area contributed by atoms with Crippen LogP contribution in [0.4, 0.5) is 11.8 Å². The van der Waals surface area contributed by atoms with Crippen LogP contribution in [-0.2, 0) is 0 Å². The van der Waals surface area contributed by atoms with E-state index in [0.29, 0.717) is 17.8 Å². The lowest BCUT2D eigenvalue weighted by atomic mass is 10.2. The van der Waals surface area contributed by atoms with Crippen LogP contribution in [0.2, 0.25) is 0 Å². The minimum absolute atomic E-state index is 0.438. The van der Waals surface area contributed by atoms with Crippen LogP contribution in [-0.4, -0.2) is 40.6 Å². The van der Waals surface area contributed by atoms with Crippen molar-refractivity contribution in [3.63, 3.8) is 0 Å². The zero-order valence-electron chi connectivity index (χ0n) is 10.3. The Labute approximate surface area is 105 Å². The van der Waals surface area contributed by atoms with E-state index in [1.54, 1.807) is 12.4 Å². The van der Waals surface area contributed by atoms with Gasteiger partial charge in [-0.2, -0.15) is 4.98 Å². The molecule has 0 aliphatic carbocycles. The number of nitrogens with zero attached hydrogens (tertiary/aromatic N) is 4. The number of hydrogen-bond donors (Lipinski definition) is 2. The maximum Gasteiger partial charge on any atom is 0.228 e. The number of fused-ring (bicyclic) bond motifs is 1. The first kappa shape index (κ1) is 11.2. The Morgan fingerprint density at radius 3 is 3.17 bits per heavy atom. The lowest BCUT2D eigenvalue weighted by Gasteiger charge is -2.32. The third-order valence-corrected chi connectivity index (χ3v) is 3.17. The minimum atomic E-state index is 0.438. The lowest BCUT2D eigenvalue weighted by Crippen LogP contribution is -2.49. The monoisotopic (exact) mass is 244 g/mol. The van der Waals surface area contributed by atoms with Crippen LogP contribution in [0.25, 0.3) is 10.9 Å². The van der Waals surface area contributed by atoms with Crippen LogP contribution in [0.3, 0.4) is 0 Å². The van der Waals surface area contributed by atoms with E-state index in [0.717, 1.165) is 30.5 Å². The smallest absolute Gasteiger partial charge is 0.228 e.